The van der Waals surface area contributed by atoms with Crippen molar-refractivity contribution < 1.29 is 9.63 Å². The van der Waals surface area contributed by atoms with Crippen molar-refractivity contribution in [1.82, 2.24) is 5.16 Å². The Morgan fingerprint density at radius 3 is 2.84 bits per heavy atom. The lowest BCUT2D eigenvalue weighted by atomic mass is 9.46. The topological polar surface area (TPSA) is 46.3 Å². The van der Waals surface area contributed by atoms with Gasteiger partial charge in [-0.1, -0.05) is 30.5 Å². The molecule has 1 heterocycles. The molecule has 4 aliphatic carbocycles. The molecule has 0 bridgehead atoms. The molecular weight excluding hydrogens is 310 g/mol. The summed E-state index contributed by atoms with van der Waals surface area (Å²) < 4.78 is 5.43. The number of terminal acetylenes is 1. The van der Waals surface area contributed by atoms with Crippen LogP contribution in [-0.4, -0.2) is 15.9 Å². The van der Waals surface area contributed by atoms with Crippen molar-refractivity contribution in [3.63, 3.8) is 0 Å². The molecule has 6 atom stereocenters. The van der Waals surface area contributed by atoms with Gasteiger partial charge in [-0.3, -0.25) is 0 Å². The molecule has 5 rings (SSSR count). The molecule has 3 heteroatoms. The van der Waals surface area contributed by atoms with Crippen molar-refractivity contribution in [2.75, 3.05) is 0 Å². The third-order valence-electron chi connectivity index (χ3n) is 8.67. The zero-order valence-corrected chi connectivity index (χ0v) is 15.2. The Labute approximate surface area is 149 Å². The molecule has 132 valence electrons. The number of rotatable bonds is 0. The van der Waals surface area contributed by atoms with E-state index < -0.39 is 5.60 Å². The fourth-order valence-corrected chi connectivity index (χ4v) is 7.14. The van der Waals surface area contributed by atoms with Crippen LogP contribution in [0.15, 0.2) is 16.3 Å². The largest absolute Gasteiger partial charge is 0.377 e. The Hall–Kier alpha value is -1.53. The van der Waals surface area contributed by atoms with Crippen LogP contribution in [0, 0.1) is 40.9 Å². The zero-order valence-electron chi connectivity index (χ0n) is 15.2. The van der Waals surface area contributed by atoms with Crippen molar-refractivity contribution in [1.29, 1.82) is 0 Å². The van der Waals surface area contributed by atoms with Gasteiger partial charge >= 0.3 is 0 Å². The number of aromatic nitrogens is 1. The number of allylic oxidation sites excluding steroid dienone is 1. The van der Waals surface area contributed by atoms with E-state index in [9.17, 15) is 5.11 Å². The van der Waals surface area contributed by atoms with Crippen molar-refractivity contribution in [3.05, 3.63) is 23.1 Å². The van der Waals surface area contributed by atoms with E-state index in [2.05, 4.69) is 31.0 Å². The summed E-state index contributed by atoms with van der Waals surface area (Å²) >= 11 is 0. The van der Waals surface area contributed by atoms with Gasteiger partial charge in [0.25, 0.3) is 0 Å². The molecular formula is C22H27NO2. The summed E-state index contributed by atoms with van der Waals surface area (Å²) in [5, 5.41) is 15.1. The molecule has 3 nitrogen and oxygen atoms in total. The Balaban J connectivity index is 1.53. The lowest BCUT2D eigenvalue weighted by Crippen LogP contribution is -2.54. The summed E-state index contributed by atoms with van der Waals surface area (Å²) in [6.07, 6.45) is 17.4. The van der Waals surface area contributed by atoms with Gasteiger partial charge in [-0.05, 0) is 74.2 Å². The third-order valence-corrected chi connectivity index (χ3v) is 8.67. The van der Waals surface area contributed by atoms with Crippen LogP contribution in [0.25, 0.3) is 6.08 Å². The summed E-state index contributed by atoms with van der Waals surface area (Å²) in [6.45, 7) is 4.71. The average Bonchev–Trinajstić information content (AvgIpc) is 3.14. The van der Waals surface area contributed by atoms with Gasteiger partial charge in [0.2, 0.25) is 0 Å². The van der Waals surface area contributed by atoms with E-state index in [1.807, 2.05) is 6.20 Å². The van der Waals surface area contributed by atoms with Crippen LogP contribution >= 0.6 is 0 Å². The average molecular weight is 337 g/mol. The van der Waals surface area contributed by atoms with Gasteiger partial charge in [-0.2, -0.15) is 0 Å². The molecule has 1 aromatic heterocycles. The molecule has 25 heavy (non-hydrogen) atoms. The maximum atomic E-state index is 11.1. The molecule has 0 aliphatic heterocycles. The molecule has 3 fully saturated rings. The smallest absolute Gasteiger partial charge is 0.162 e. The van der Waals surface area contributed by atoms with E-state index in [1.165, 1.54) is 12.0 Å². The monoisotopic (exact) mass is 337 g/mol. The van der Waals surface area contributed by atoms with E-state index in [1.54, 1.807) is 5.57 Å². The van der Waals surface area contributed by atoms with Gasteiger partial charge < -0.3 is 9.63 Å². The van der Waals surface area contributed by atoms with Crippen molar-refractivity contribution in [3.8, 4) is 12.3 Å². The second kappa shape index (κ2) is 4.80. The minimum Gasteiger partial charge on any atom is -0.377 e. The van der Waals surface area contributed by atoms with Gasteiger partial charge in [-0.15, -0.1) is 6.42 Å². The number of hydrogen-bond donors (Lipinski definition) is 1. The van der Waals surface area contributed by atoms with Crippen LogP contribution in [-0.2, 0) is 6.42 Å². The van der Waals surface area contributed by atoms with Gasteiger partial charge in [-0.25, -0.2) is 0 Å². The van der Waals surface area contributed by atoms with Crippen LogP contribution in [0.3, 0.4) is 0 Å². The van der Waals surface area contributed by atoms with Crippen LogP contribution in [0.5, 0.6) is 0 Å². The fraction of sp³-hybridized carbons (Fsp3) is 0.682. The summed E-state index contributed by atoms with van der Waals surface area (Å²) in [6, 6.07) is 0. The molecule has 1 N–H and O–H groups in total. The van der Waals surface area contributed by atoms with Gasteiger partial charge in [0.15, 0.2) is 5.76 Å². The van der Waals surface area contributed by atoms with E-state index in [4.69, 9.17) is 10.9 Å². The van der Waals surface area contributed by atoms with Crippen LogP contribution in [0.4, 0.5) is 0 Å². The van der Waals surface area contributed by atoms with Gasteiger partial charge in [0.05, 0.1) is 6.20 Å². The maximum absolute atomic E-state index is 11.1. The maximum Gasteiger partial charge on any atom is 0.162 e. The van der Waals surface area contributed by atoms with Crippen LogP contribution in [0.2, 0.25) is 0 Å². The minimum absolute atomic E-state index is 0.114. The lowest BCUT2D eigenvalue weighted by molar-refractivity contribution is -0.0975. The molecule has 0 aromatic carbocycles. The third kappa shape index (κ3) is 1.79. The Morgan fingerprint density at radius 2 is 2.04 bits per heavy atom. The highest BCUT2D eigenvalue weighted by Crippen LogP contribution is 2.67. The van der Waals surface area contributed by atoms with Gasteiger partial charge in [0.1, 0.15) is 5.60 Å². The Bertz CT molecular complexity index is 801. The van der Waals surface area contributed by atoms with E-state index in [0.717, 1.165) is 44.3 Å². The standard InChI is InChI=1S/C22H27NO2/c1-4-22(24)10-8-18-16-6-5-15-11-19-14(13-23-25-19)12-20(15,2)17(16)7-9-21(18,22)3/h1,11,13,16-18,24H,5-10,12H2,2-3H3/t16-,17-,18+,20-,21-,22+/m1/s1. The first-order valence-corrected chi connectivity index (χ1v) is 9.76. The second-order valence-electron chi connectivity index (χ2n) is 9.39. The quantitative estimate of drug-likeness (QED) is 0.721. The molecule has 3 saturated carbocycles. The molecule has 0 unspecified atom stereocenters. The van der Waals surface area contributed by atoms with E-state index in [-0.39, 0.29) is 10.8 Å². The number of aliphatic hydroxyl groups is 1. The SMILES string of the molecule is C#C[C@]1(O)CC[C@H]2[C@@H]3CCC4=Cc5oncc5C[C@@]4(C)[C@@H]3CC[C@]21C. The zero-order chi connectivity index (χ0) is 17.4. The highest BCUT2D eigenvalue weighted by atomic mass is 16.5. The molecule has 4 aliphatic rings. The molecule has 0 radical (unpaired) electrons. The summed E-state index contributed by atoms with van der Waals surface area (Å²) in [5.41, 5.74) is 1.99. The fourth-order valence-electron chi connectivity index (χ4n) is 7.14. The predicted molar refractivity (Wildman–Crippen MR) is 96.4 cm³/mol. The normalized spacial score (nSPS) is 47.8. The predicted octanol–water partition coefficient (Wildman–Crippen LogP) is 4.22. The second-order valence-corrected chi connectivity index (χ2v) is 9.39. The van der Waals surface area contributed by atoms with Gasteiger partial charge in [0, 0.05) is 11.0 Å². The molecule has 0 spiro atoms. The number of hydrogen-bond acceptors (Lipinski definition) is 3. The summed E-state index contributed by atoms with van der Waals surface area (Å²) in [4.78, 5) is 0. The van der Waals surface area contributed by atoms with E-state index in [0.29, 0.717) is 17.8 Å². The Morgan fingerprint density at radius 1 is 1.24 bits per heavy atom. The first-order valence-electron chi connectivity index (χ1n) is 9.76. The summed E-state index contributed by atoms with van der Waals surface area (Å²) in [7, 11) is 0. The summed E-state index contributed by atoms with van der Waals surface area (Å²) in [5.74, 6) is 5.64. The minimum atomic E-state index is -0.909. The highest BCUT2D eigenvalue weighted by Gasteiger charge is 2.63. The number of fused-ring (bicyclic) bond motifs is 6. The Kier molecular flexibility index (Phi) is 3.01. The number of nitrogens with zero attached hydrogens (tertiary/aromatic N) is 1. The van der Waals surface area contributed by atoms with E-state index >= 15 is 0 Å². The van der Waals surface area contributed by atoms with Crippen LogP contribution in [0.1, 0.15) is 63.7 Å². The van der Waals surface area contributed by atoms with Crippen molar-refractivity contribution >= 4 is 6.08 Å². The first kappa shape index (κ1) is 15.7. The molecule has 0 saturated heterocycles. The first-order chi connectivity index (χ1) is 11.9. The van der Waals surface area contributed by atoms with Crippen molar-refractivity contribution in [2.45, 2.75) is 64.4 Å². The highest BCUT2D eigenvalue weighted by molar-refractivity contribution is 5.57. The molecule has 1 aromatic rings. The molecule has 0 amide bonds. The van der Waals surface area contributed by atoms with Crippen LogP contribution < -0.4 is 0 Å². The van der Waals surface area contributed by atoms with Crippen molar-refractivity contribution in [2.24, 2.45) is 28.6 Å². The lowest BCUT2D eigenvalue weighted by Gasteiger charge is -2.58.